The van der Waals surface area contributed by atoms with Crippen LogP contribution in [0.25, 0.3) is 0 Å². The van der Waals surface area contributed by atoms with Crippen molar-refractivity contribution in [3.63, 3.8) is 0 Å². The lowest BCUT2D eigenvalue weighted by Gasteiger charge is -2.23. The molecule has 0 aliphatic carbocycles. The molecule has 58 valence electrons. The van der Waals surface area contributed by atoms with E-state index >= 15 is 0 Å². The summed E-state index contributed by atoms with van der Waals surface area (Å²) in [4.78, 5) is 6.74. The van der Waals surface area contributed by atoms with Gasteiger partial charge in [0.25, 0.3) is 0 Å². The lowest BCUT2D eigenvalue weighted by Crippen LogP contribution is -2.24. The van der Waals surface area contributed by atoms with Crippen molar-refractivity contribution in [3.05, 3.63) is 16.3 Å². The maximum absolute atomic E-state index is 9.56. The lowest BCUT2D eigenvalue weighted by molar-refractivity contribution is 0.0744. The fraction of sp³-hybridized carbons (Fsp3) is 0.286. The highest BCUT2D eigenvalue weighted by Crippen LogP contribution is 2.34. The fourth-order valence-corrected chi connectivity index (χ4v) is 1.89. The molecule has 4 heteroatoms. The first-order valence-corrected chi connectivity index (χ1v) is 4.18. The van der Waals surface area contributed by atoms with Gasteiger partial charge in [-0.2, -0.15) is 0 Å². The van der Waals surface area contributed by atoms with Crippen molar-refractivity contribution >= 4 is 23.4 Å². The number of aliphatic hydroxyl groups excluding tert-OH is 1. The van der Waals surface area contributed by atoms with E-state index < -0.39 is 6.23 Å². The first-order chi connectivity index (χ1) is 5.29. The molecule has 0 bridgehead atoms. The number of hydrogen-bond acceptors (Lipinski definition) is 4. The molecule has 1 unspecified atom stereocenters. The van der Waals surface area contributed by atoms with Crippen LogP contribution in [0.4, 0.5) is 5.69 Å². The van der Waals surface area contributed by atoms with Gasteiger partial charge in [0, 0.05) is 7.05 Å². The topological polar surface area (TPSA) is 35.8 Å². The molecule has 0 radical (unpaired) electrons. The summed E-state index contributed by atoms with van der Waals surface area (Å²) in [5.41, 5.74) is 0.889. The Morgan fingerprint density at radius 1 is 1.73 bits per heavy atom. The van der Waals surface area contributed by atoms with Gasteiger partial charge in [0.15, 0.2) is 6.23 Å². The zero-order chi connectivity index (χ0) is 7.84. The minimum atomic E-state index is -0.512. The van der Waals surface area contributed by atoms with Gasteiger partial charge in [0.2, 0.25) is 0 Å². The van der Waals surface area contributed by atoms with Crippen molar-refractivity contribution in [1.29, 1.82) is 0 Å². The third kappa shape index (κ3) is 0.948. The Hall–Kier alpha value is -0.870. The molecule has 0 saturated heterocycles. The zero-order valence-corrected chi connectivity index (χ0v) is 6.88. The Morgan fingerprint density at radius 3 is 3.36 bits per heavy atom. The molecule has 1 atom stereocenters. The molecule has 1 aliphatic heterocycles. The fourth-order valence-electron chi connectivity index (χ4n) is 1.02. The van der Waals surface area contributed by atoms with Crippen LogP contribution in [-0.4, -0.2) is 23.4 Å². The van der Waals surface area contributed by atoms with Crippen molar-refractivity contribution in [3.8, 4) is 0 Å². The summed E-state index contributed by atoms with van der Waals surface area (Å²) < 4.78 is 0. The zero-order valence-electron chi connectivity index (χ0n) is 6.06. The van der Waals surface area contributed by atoms with Gasteiger partial charge in [-0.25, -0.2) is 4.99 Å². The Morgan fingerprint density at radius 2 is 2.55 bits per heavy atom. The summed E-state index contributed by atoms with van der Waals surface area (Å²) >= 11 is 1.53. The Kier molecular flexibility index (Phi) is 1.44. The second-order valence-electron chi connectivity index (χ2n) is 2.45. The average Bonchev–Trinajstić information content (AvgIpc) is 2.45. The molecule has 0 amide bonds. The molecule has 0 fully saturated rings. The maximum atomic E-state index is 9.56. The Balaban J connectivity index is 2.48. The van der Waals surface area contributed by atoms with Gasteiger partial charge in [0.05, 0.1) is 16.9 Å². The number of fused-ring (bicyclic) bond motifs is 1. The van der Waals surface area contributed by atoms with E-state index in [9.17, 15) is 5.11 Å². The predicted molar refractivity (Wildman–Crippen MR) is 45.2 cm³/mol. The van der Waals surface area contributed by atoms with E-state index in [1.165, 1.54) is 11.3 Å². The molecule has 2 heterocycles. The largest absolute Gasteiger partial charge is 0.368 e. The van der Waals surface area contributed by atoms with Crippen LogP contribution in [-0.2, 0) is 0 Å². The molecule has 1 aliphatic rings. The summed E-state index contributed by atoms with van der Waals surface area (Å²) in [6.07, 6.45) is 1.13. The highest BCUT2D eigenvalue weighted by molar-refractivity contribution is 7.10. The number of aliphatic hydroxyl groups is 1. The monoisotopic (exact) mass is 168 g/mol. The van der Waals surface area contributed by atoms with E-state index in [-0.39, 0.29) is 0 Å². The number of aliphatic imine (C=N–C) groups is 1. The van der Waals surface area contributed by atoms with Crippen LogP contribution < -0.4 is 0 Å². The third-order valence-corrected chi connectivity index (χ3v) is 2.62. The number of rotatable bonds is 0. The Labute approximate surface area is 68.6 Å². The first kappa shape index (κ1) is 6.82. The maximum Gasteiger partial charge on any atom is 0.165 e. The molecule has 0 aromatic carbocycles. The smallest absolute Gasteiger partial charge is 0.165 e. The summed E-state index contributed by atoms with van der Waals surface area (Å²) in [6.45, 7) is 0. The Bertz CT molecular complexity index is 294. The van der Waals surface area contributed by atoms with Gasteiger partial charge < -0.3 is 10.0 Å². The van der Waals surface area contributed by atoms with Crippen LogP contribution in [0.2, 0.25) is 0 Å². The van der Waals surface area contributed by atoms with Crippen LogP contribution in [0.5, 0.6) is 0 Å². The van der Waals surface area contributed by atoms with Gasteiger partial charge in [-0.3, -0.25) is 0 Å². The van der Waals surface area contributed by atoms with Crippen molar-refractivity contribution < 1.29 is 5.11 Å². The molecular weight excluding hydrogens is 160 g/mol. The minimum Gasteiger partial charge on any atom is -0.368 e. The summed E-state index contributed by atoms with van der Waals surface area (Å²) in [6, 6.07) is 1.91. The molecule has 0 saturated carbocycles. The highest BCUT2D eigenvalue weighted by atomic mass is 32.1. The highest BCUT2D eigenvalue weighted by Gasteiger charge is 2.19. The van der Waals surface area contributed by atoms with E-state index in [2.05, 4.69) is 4.99 Å². The molecule has 3 nitrogen and oxygen atoms in total. The summed E-state index contributed by atoms with van der Waals surface area (Å²) in [5.74, 6) is 0. The van der Waals surface area contributed by atoms with Crippen LogP contribution >= 0.6 is 11.3 Å². The summed E-state index contributed by atoms with van der Waals surface area (Å²) in [7, 11) is 1.80. The quantitative estimate of drug-likeness (QED) is 0.634. The van der Waals surface area contributed by atoms with Crippen LogP contribution in [0, 0.1) is 0 Å². The van der Waals surface area contributed by atoms with Gasteiger partial charge in [0.1, 0.15) is 0 Å². The molecule has 1 N–H and O–H groups in total. The van der Waals surface area contributed by atoms with Crippen molar-refractivity contribution in [2.45, 2.75) is 6.23 Å². The van der Waals surface area contributed by atoms with Crippen LogP contribution in [0.1, 0.15) is 11.1 Å². The SMILES string of the molecule is CN1C=Nc2ccsc2C1O. The van der Waals surface area contributed by atoms with Crippen LogP contribution in [0.15, 0.2) is 16.4 Å². The number of nitrogens with zero attached hydrogens (tertiary/aromatic N) is 2. The van der Waals surface area contributed by atoms with Gasteiger partial charge in [-0.05, 0) is 11.4 Å². The van der Waals surface area contributed by atoms with Crippen molar-refractivity contribution in [2.24, 2.45) is 4.99 Å². The van der Waals surface area contributed by atoms with Gasteiger partial charge in [-0.15, -0.1) is 11.3 Å². The van der Waals surface area contributed by atoms with Crippen molar-refractivity contribution in [1.82, 2.24) is 4.90 Å². The van der Waals surface area contributed by atoms with Crippen molar-refractivity contribution in [2.75, 3.05) is 7.05 Å². The van der Waals surface area contributed by atoms with E-state index in [1.54, 1.807) is 18.3 Å². The predicted octanol–water partition coefficient (Wildman–Crippen LogP) is 1.34. The molecular formula is C7H8N2OS. The molecule has 1 aromatic rings. The molecule has 2 rings (SSSR count). The molecule has 1 aromatic heterocycles. The van der Waals surface area contributed by atoms with E-state index in [0.29, 0.717) is 0 Å². The third-order valence-electron chi connectivity index (χ3n) is 1.67. The normalized spacial score (nSPS) is 22.0. The van der Waals surface area contributed by atoms with Gasteiger partial charge >= 0.3 is 0 Å². The first-order valence-electron chi connectivity index (χ1n) is 3.30. The molecule has 0 spiro atoms. The van der Waals surface area contributed by atoms with E-state index in [4.69, 9.17) is 0 Å². The van der Waals surface area contributed by atoms with E-state index in [1.807, 2.05) is 11.4 Å². The second-order valence-corrected chi connectivity index (χ2v) is 3.40. The standard InChI is InChI=1S/C7H8N2OS/c1-9-4-8-5-2-3-11-6(5)7(9)10/h2-4,7,10H,1H3. The molecule has 11 heavy (non-hydrogen) atoms. The number of hydrogen-bond donors (Lipinski definition) is 1. The lowest BCUT2D eigenvalue weighted by atomic mass is 10.3. The van der Waals surface area contributed by atoms with Gasteiger partial charge in [-0.1, -0.05) is 0 Å². The van der Waals surface area contributed by atoms with E-state index in [0.717, 1.165) is 10.6 Å². The average molecular weight is 168 g/mol. The summed E-state index contributed by atoms with van der Waals surface area (Å²) in [5, 5.41) is 11.5. The second kappa shape index (κ2) is 2.32. The van der Waals surface area contributed by atoms with Crippen LogP contribution in [0.3, 0.4) is 0 Å². The number of thiophene rings is 1. The minimum absolute atomic E-state index is 0.512.